The van der Waals surface area contributed by atoms with E-state index >= 15 is 0 Å². The molecule has 0 aromatic carbocycles. The van der Waals surface area contributed by atoms with Crippen LogP contribution in [-0.4, -0.2) is 62.0 Å². The highest BCUT2D eigenvalue weighted by molar-refractivity contribution is 7.41. The Morgan fingerprint density at radius 3 is 1.87 bits per heavy atom. The molecule has 1 aliphatic heterocycles. The Hall–Kier alpha value is -0.830. The van der Waals surface area contributed by atoms with Crippen LogP contribution in [0.25, 0.3) is 0 Å². The molecular weight excluding hydrogens is 427 g/mol. The Balaban J connectivity index is 0.000000759. The molecule has 1 aliphatic rings. The molecule has 1 rings (SSSR count). The van der Waals surface area contributed by atoms with Gasteiger partial charge in [0.15, 0.2) is 5.79 Å². The van der Waals surface area contributed by atoms with E-state index in [9.17, 15) is 9.59 Å². The number of carbonyl (C=O) groups excluding carboxylic acids is 2. The lowest BCUT2D eigenvalue weighted by molar-refractivity contribution is -0.304. The second-order valence-electron chi connectivity index (χ2n) is 8.19. The van der Waals surface area contributed by atoms with Crippen molar-refractivity contribution in [2.24, 2.45) is 0 Å². The van der Waals surface area contributed by atoms with Crippen LogP contribution < -0.4 is 0 Å². The van der Waals surface area contributed by atoms with Crippen molar-refractivity contribution in [2.45, 2.75) is 98.8 Å². The van der Waals surface area contributed by atoms with Gasteiger partial charge in [-0.3, -0.25) is 9.59 Å². The van der Waals surface area contributed by atoms with E-state index in [4.69, 9.17) is 32.5 Å². The topological polar surface area (TPSA) is 98.8 Å². The van der Waals surface area contributed by atoms with E-state index in [0.717, 1.165) is 0 Å². The number of hydrogen-bond acceptors (Lipinski definition) is 9. The highest BCUT2D eigenvalue weighted by Gasteiger charge is 2.37. The summed E-state index contributed by atoms with van der Waals surface area (Å²) in [5.41, 5.74) is -0.519. The van der Waals surface area contributed by atoms with Crippen molar-refractivity contribution < 1.29 is 42.1 Å². The molecule has 0 saturated carbocycles. The van der Waals surface area contributed by atoms with E-state index in [1.807, 2.05) is 41.5 Å². The summed E-state index contributed by atoms with van der Waals surface area (Å²) in [4.78, 5) is 22.8. The normalized spacial score (nSPS) is 20.6. The number of ether oxygens (including phenoxy) is 4. The number of hydrogen-bond donors (Lipinski definition) is 0. The molecule has 9 nitrogen and oxygen atoms in total. The van der Waals surface area contributed by atoms with Gasteiger partial charge in [-0.15, -0.1) is 0 Å². The van der Waals surface area contributed by atoms with Crippen LogP contribution in [0.15, 0.2) is 0 Å². The molecule has 0 aliphatic carbocycles. The van der Waals surface area contributed by atoms with Gasteiger partial charge in [0.1, 0.15) is 12.2 Å². The van der Waals surface area contributed by atoms with Crippen LogP contribution >= 0.6 is 8.60 Å². The van der Waals surface area contributed by atoms with Gasteiger partial charge in [-0.05, 0) is 55.4 Å². The van der Waals surface area contributed by atoms with Crippen LogP contribution in [-0.2, 0) is 42.1 Å². The summed E-state index contributed by atoms with van der Waals surface area (Å²) in [7, 11) is -1.06. The zero-order valence-corrected chi connectivity index (χ0v) is 21.4. The van der Waals surface area contributed by atoms with Gasteiger partial charge in [0.2, 0.25) is 0 Å². The first-order chi connectivity index (χ1) is 14.3. The second-order valence-corrected chi connectivity index (χ2v) is 9.41. The smallest absolute Gasteiger partial charge is 0.332 e. The van der Waals surface area contributed by atoms with Gasteiger partial charge in [0, 0.05) is 13.3 Å². The Kier molecular flexibility index (Phi) is 14.7. The van der Waals surface area contributed by atoms with Crippen LogP contribution in [0.1, 0.15) is 75.2 Å². The molecule has 1 saturated heterocycles. The fourth-order valence-corrected chi connectivity index (χ4v) is 3.51. The zero-order chi connectivity index (χ0) is 24.1. The van der Waals surface area contributed by atoms with Gasteiger partial charge in [-0.2, -0.15) is 0 Å². The van der Waals surface area contributed by atoms with Crippen LogP contribution in [0.5, 0.6) is 0 Å². The van der Waals surface area contributed by atoms with Crippen molar-refractivity contribution in [2.75, 3.05) is 26.4 Å². The first-order valence-corrected chi connectivity index (χ1v) is 11.8. The molecule has 2 atom stereocenters. The van der Waals surface area contributed by atoms with E-state index in [-0.39, 0.29) is 37.2 Å². The monoisotopic (exact) mass is 468 g/mol. The van der Waals surface area contributed by atoms with Gasteiger partial charge in [-0.1, -0.05) is 0 Å². The number of rotatable bonds is 10. The van der Waals surface area contributed by atoms with Crippen LogP contribution in [0.4, 0.5) is 0 Å². The van der Waals surface area contributed by atoms with E-state index < -0.39 is 20.0 Å². The van der Waals surface area contributed by atoms with Crippen molar-refractivity contribution in [3.8, 4) is 0 Å². The predicted octanol–water partition coefficient (Wildman–Crippen LogP) is 4.51. The van der Waals surface area contributed by atoms with Gasteiger partial charge >= 0.3 is 20.5 Å². The van der Waals surface area contributed by atoms with Gasteiger partial charge in [0.25, 0.3) is 0 Å². The average molecular weight is 469 g/mol. The molecule has 0 bridgehead atoms. The average Bonchev–Trinajstić information content (AvgIpc) is 2.58. The lowest BCUT2D eigenvalue weighted by Crippen LogP contribution is -2.47. The van der Waals surface area contributed by atoms with E-state index in [1.165, 1.54) is 6.92 Å². The Morgan fingerprint density at radius 1 is 0.968 bits per heavy atom. The molecule has 0 amide bonds. The van der Waals surface area contributed by atoms with Crippen molar-refractivity contribution in [1.29, 1.82) is 0 Å². The third-order valence-corrected chi connectivity index (χ3v) is 4.82. The minimum atomic E-state index is -1.06. The lowest BCUT2D eigenvalue weighted by Gasteiger charge is -2.40. The molecule has 0 N–H and O–H groups in total. The number of carbonyl (C=O) groups is 2. The third-order valence-electron chi connectivity index (χ3n) is 3.42. The summed E-state index contributed by atoms with van der Waals surface area (Å²) >= 11 is 0. The van der Waals surface area contributed by atoms with Gasteiger partial charge in [-0.25, -0.2) is 0 Å². The first-order valence-electron chi connectivity index (χ1n) is 10.7. The highest BCUT2D eigenvalue weighted by atomic mass is 31.2. The predicted molar refractivity (Wildman–Crippen MR) is 117 cm³/mol. The second kappa shape index (κ2) is 15.1. The van der Waals surface area contributed by atoms with Crippen molar-refractivity contribution in [1.82, 2.24) is 0 Å². The van der Waals surface area contributed by atoms with Gasteiger partial charge < -0.3 is 32.5 Å². The van der Waals surface area contributed by atoms with Crippen LogP contribution in [0, 0.1) is 0 Å². The first kappa shape index (κ1) is 30.2. The Morgan fingerprint density at radius 2 is 1.45 bits per heavy atom. The largest absolute Gasteiger partial charge is 0.463 e. The minimum absolute atomic E-state index is 0.153. The number of esters is 2. The highest BCUT2D eigenvalue weighted by Crippen LogP contribution is 2.38. The third kappa shape index (κ3) is 16.5. The quantitative estimate of drug-likeness (QED) is 0.339. The van der Waals surface area contributed by atoms with Crippen molar-refractivity contribution in [3.63, 3.8) is 0 Å². The summed E-state index contributed by atoms with van der Waals surface area (Å²) in [6.45, 7) is 18.2. The van der Waals surface area contributed by atoms with Crippen molar-refractivity contribution >= 4 is 20.5 Å². The summed E-state index contributed by atoms with van der Waals surface area (Å²) in [5.74, 6) is -1.49. The molecule has 1 heterocycles. The Labute approximate surface area is 188 Å². The SMILES string of the molecule is CC(=O)OC[C@@H]1C[C@H](CC(=O)OC(C)(C)C)OC(C)(C)O1.CCOP(OCC)OCC. The van der Waals surface area contributed by atoms with E-state index in [1.54, 1.807) is 13.8 Å². The van der Waals surface area contributed by atoms with E-state index in [2.05, 4.69) is 0 Å². The zero-order valence-electron chi connectivity index (χ0n) is 20.5. The summed E-state index contributed by atoms with van der Waals surface area (Å²) < 4.78 is 37.1. The Bertz CT molecular complexity index is 505. The maximum Gasteiger partial charge on any atom is 0.332 e. The maximum absolute atomic E-state index is 11.9. The molecule has 0 aromatic heterocycles. The molecule has 0 unspecified atom stereocenters. The summed E-state index contributed by atoms with van der Waals surface area (Å²) in [6.07, 6.45) is 0.0329. The molecule has 0 spiro atoms. The molecular formula is C21H41O9P. The van der Waals surface area contributed by atoms with Gasteiger partial charge in [0.05, 0.1) is 38.4 Å². The molecule has 0 radical (unpaired) electrons. The van der Waals surface area contributed by atoms with Crippen LogP contribution in [0.3, 0.4) is 0 Å². The molecule has 184 valence electrons. The molecule has 10 heteroatoms. The van der Waals surface area contributed by atoms with E-state index in [0.29, 0.717) is 26.2 Å². The standard InChI is InChI=1S/C15H26O6.C6H15O3P/c1-10(16)18-9-12-7-11(19-15(5,6)20-12)8-13(17)21-14(2,3)4;1-4-7-10(8-5-2)9-6-3/h11-12H,7-9H2,1-6H3;4-6H2,1-3H3/t11-,12+;/m1./s1. The summed E-state index contributed by atoms with van der Waals surface area (Å²) in [5, 5.41) is 0. The van der Waals surface area contributed by atoms with Crippen molar-refractivity contribution in [3.05, 3.63) is 0 Å². The lowest BCUT2D eigenvalue weighted by atomic mass is 10.1. The minimum Gasteiger partial charge on any atom is -0.463 e. The summed E-state index contributed by atoms with van der Waals surface area (Å²) in [6, 6.07) is 0. The maximum atomic E-state index is 11.9. The fourth-order valence-electron chi connectivity index (χ4n) is 2.65. The fraction of sp³-hybridized carbons (Fsp3) is 0.905. The molecule has 31 heavy (non-hydrogen) atoms. The van der Waals surface area contributed by atoms with Crippen LogP contribution in [0.2, 0.25) is 0 Å². The molecule has 1 fully saturated rings. The molecule has 0 aromatic rings.